The van der Waals surface area contributed by atoms with Gasteiger partial charge in [-0.15, -0.1) is 0 Å². The highest BCUT2D eigenvalue weighted by atomic mass is 35.5. The van der Waals surface area contributed by atoms with Gasteiger partial charge < -0.3 is 28.6 Å². The number of pyridine rings is 2. The Morgan fingerprint density at radius 1 is 0.487 bits per heavy atom. The lowest BCUT2D eigenvalue weighted by Gasteiger charge is -2.24. The molecule has 80 heavy (non-hydrogen) atoms. The summed E-state index contributed by atoms with van der Waals surface area (Å²) < 4.78 is 83.2. The Labute approximate surface area is 477 Å². The van der Waals surface area contributed by atoms with Crippen LogP contribution in [-0.2, 0) is 33.1 Å². The Hall–Kier alpha value is -8.31. The molecule has 0 bridgehead atoms. The van der Waals surface area contributed by atoms with Crippen molar-refractivity contribution in [1.82, 2.24) is 29.9 Å². The number of rotatable bonds is 17. The molecule has 10 rings (SSSR count). The van der Waals surface area contributed by atoms with Crippen molar-refractivity contribution in [1.29, 1.82) is 0 Å². The van der Waals surface area contributed by atoms with Crippen LogP contribution >= 0.6 is 34.8 Å². The van der Waals surface area contributed by atoms with Gasteiger partial charge in [-0.2, -0.15) is 0 Å². The van der Waals surface area contributed by atoms with E-state index in [0.717, 1.165) is 22.1 Å². The number of ether oxygens (including phenoxy) is 4. The van der Waals surface area contributed by atoms with Crippen LogP contribution in [0.5, 0.6) is 28.7 Å². The van der Waals surface area contributed by atoms with Crippen LogP contribution in [0.2, 0.25) is 15.2 Å². The standard InChI is InChI=1S/C28H23ClN4O4S.C21H17ClN4O3S.C7H7BClO3/c1-36-22-6-3-19(4-7-22)17-33(27-12-13-30-18-32-27)38(34,35)23-8-10-24-20(15-23)11-14-31-28(24)25-9-5-21(29)16-26(25)37-2;1-29-17-4-2-15(3-5-17)13-26(20-9-10-23-14-25-20)30(27,28)18-6-7-19-16(12-18)8-11-24-21(19)22;1-11-7-4-5(9)2-3-6(7)12-8-10/h3-16,18H,17H2,1-2H3;2-12,14H,13H2,1H3;2-4,10H,1H3. The van der Waals surface area contributed by atoms with E-state index >= 15 is 0 Å². The van der Waals surface area contributed by atoms with Crippen LogP contribution in [0.25, 0.3) is 32.8 Å². The topological polar surface area (TPSA) is 218 Å². The van der Waals surface area contributed by atoms with Crippen LogP contribution < -0.4 is 32.2 Å². The second-order valence-electron chi connectivity index (χ2n) is 16.7. The van der Waals surface area contributed by atoms with Gasteiger partial charge in [-0.1, -0.05) is 65.1 Å². The summed E-state index contributed by atoms with van der Waals surface area (Å²) in [4.78, 5) is 25.0. The van der Waals surface area contributed by atoms with Gasteiger partial charge in [-0.05, 0) is 119 Å². The summed E-state index contributed by atoms with van der Waals surface area (Å²) in [5.41, 5.74) is 2.96. The summed E-state index contributed by atoms with van der Waals surface area (Å²) in [6.45, 7) is 0.170. The van der Waals surface area contributed by atoms with E-state index in [0.29, 0.717) is 73.5 Å². The normalized spacial score (nSPS) is 11.1. The quantitative estimate of drug-likeness (QED) is 0.0662. The maximum atomic E-state index is 14.0. The van der Waals surface area contributed by atoms with E-state index in [1.165, 1.54) is 46.8 Å². The summed E-state index contributed by atoms with van der Waals surface area (Å²) >= 11 is 17.9. The molecule has 4 heterocycles. The summed E-state index contributed by atoms with van der Waals surface area (Å²) in [6, 6.07) is 40.9. The lowest BCUT2D eigenvalue weighted by molar-refractivity contribution is 0.381. The largest absolute Gasteiger partial charge is 0.569 e. The van der Waals surface area contributed by atoms with Gasteiger partial charge in [0.25, 0.3) is 20.0 Å². The third-order valence-electron chi connectivity index (χ3n) is 11.9. The van der Waals surface area contributed by atoms with Crippen LogP contribution in [-0.4, -0.2) is 87.9 Å². The van der Waals surface area contributed by atoms with Crippen molar-refractivity contribution in [3.63, 3.8) is 0 Å². The molecule has 0 saturated carbocycles. The third-order valence-corrected chi connectivity index (χ3v) is 16.2. The molecular formula is C56H47BCl3N8O10S2. The number of hydrogen-bond acceptors (Lipinski definition) is 16. The average molecular weight is 1170 g/mol. The summed E-state index contributed by atoms with van der Waals surface area (Å²) in [5, 5.41) is 12.6. The first-order valence-corrected chi connectivity index (χ1v) is 27.7. The zero-order valence-electron chi connectivity index (χ0n) is 43.0. The molecule has 0 fully saturated rings. The number of halogens is 3. The van der Waals surface area contributed by atoms with Gasteiger partial charge in [0.2, 0.25) is 0 Å². The van der Waals surface area contributed by atoms with Crippen LogP contribution in [0.15, 0.2) is 193 Å². The van der Waals surface area contributed by atoms with Gasteiger partial charge in [0, 0.05) is 69.4 Å². The van der Waals surface area contributed by atoms with Crippen LogP contribution in [0.1, 0.15) is 11.1 Å². The van der Waals surface area contributed by atoms with Gasteiger partial charge >= 0.3 is 7.69 Å². The number of fused-ring (bicyclic) bond motifs is 2. The van der Waals surface area contributed by atoms with Gasteiger partial charge in [0.15, 0.2) is 5.75 Å². The second kappa shape index (κ2) is 26.6. The molecule has 0 saturated heterocycles. The van der Waals surface area contributed by atoms with Crippen molar-refractivity contribution >= 4 is 95.7 Å². The van der Waals surface area contributed by atoms with Crippen molar-refractivity contribution in [2.45, 2.75) is 22.9 Å². The first-order valence-electron chi connectivity index (χ1n) is 23.7. The van der Waals surface area contributed by atoms with E-state index in [-0.39, 0.29) is 34.5 Å². The number of sulfonamides is 2. The number of benzene rings is 6. The molecule has 1 N–H and O–H groups in total. The molecule has 10 aromatic rings. The number of anilines is 2. The molecule has 4 aromatic heterocycles. The van der Waals surface area contributed by atoms with E-state index in [4.69, 9.17) is 63.4 Å². The molecule has 1 radical (unpaired) electrons. The highest BCUT2D eigenvalue weighted by molar-refractivity contribution is 7.93. The molecule has 0 aliphatic carbocycles. The summed E-state index contributed by atoms with van der Waals surface area (Å²) in [7, 11) is -1.12. The van der Waals surface area contributed by atoms with Gasteiger partial charge in [-0.3, -0.25) is 4.98 Å². The first-order chi connectivity index (χ1) is 38.7. The van der Waals surface area contributed by atoms with Crippen LogP contribution in [0, 0.1) is 0 Å². The van der Waals surface area contributed by atoms with Crippen molar-refractivity contribution in [3.05, 3.63) is 209 Å². The maximum Gasteiger partial charge on any atom is 0.569 e. The molecule has 0 aliphatic rings. The molecular weight excluding hydrogens is 1130 g/mol. The van der Waals surface area contributed by atoms with Crippen molar-refractivity contribution in [3.8, 4) is 40.0 Å². The van der Waals surface area contributed by atoms with Crippen LogP contribution in [0.4, 0.5) is 11.6 Å². The lowest BCUT2D eigenvalue weighted by atomic mass is 10.0. The lowest BCUT2D eigenvalue weighted by Crippen LogP contribution is -2.31. The number of aromatic nitrogens is 6. The van der Waals surface area contributed by atoms with E-state index in [2.05, 4.69) is 29.9 Å². The SMILES string of the molecule is COc1cc(Cl)ccc1O[B]O.COc1ccc(CN(c2ccncn2)S(=O)(=O)c2ccc3c(-c4ccc(Cl)cc4OC)nccc3c2)cc1.COc1ccc(CN(c2ccncn2)S(=O)(=O)c2ccc3c(Cl)nccc3c2)cc1. The Morgan fingerprint density at radius 3 is 1.46 bits per heavy atom. The molecule has 0 unspecified atom stereocenters. The van der Waals surface area contributed by atoms with Crippen molar-refractivity contribution in [2.75, 3.05) is 37.0 Å². The monoisotopic (exact) mass is 1170 g/mol. The smallest absolute Gasteiger partial charge is 0.535 e. The highest BCUT2D eigenvalue weighted by Gasteiger charge is 2.29. The Balaban J connectivity index is 0.000000178. The molecule has 0 aliphatic heterocycles. The number of hydrogen-bond donors (Lipinski definition) is 1. The second-order valence-corrected chi connectivity index (χ2v) is 21.7. The first kappa shape index (κ1) is 57.9. The third kappa shape index (κ3) is 13.7. The summed E-state index contributed by atoms with van der Waals surface area (Å²) in [6.07, 6.45) is 8.84. The summed E-state index contributed by atoms with van der Waals surface area (Å²) in [5.74, 6) is 3.38. The Kier molecular flexibility index (Phi) is 19.2. The highest BCUT2D eigenvalue weighted by Crippen LogP contribution is 2.37. The average Bonchev–Trinajstić information content (AvgIpc) is 3.60. The molecule has 0 amide bonds. The van der Waals surface area contributed by atoms with E-state index in [1.54, 1.807) is 143 Å². The molecule has 0 atom stereocenters. The zero-order chi connectivity index (χ0) is 56.8. The van der Waals surface area contributed by atoms with Gasteiger partial charge in [0.05, 0.1) is 57.0 Å². The fourth-order valence-corrected chi connectivity index (χ4v) is 11.4. The maximum absolute atomic E-state index is 14.0. The van der Waals surface area contributed by atoms with Crippen molar-refractivity contribution in [2.24, 2.45) is 0 Å². The number of nitrogens with zero attached hydrogens (tertiary/aromatic N) is 8. The molecule has 18 nitrogen and oxygen atoms in total. The predicted octanol–water partition coefficient (Wildman–Crippen LogP) is 11.1. The van der Waals surface area contributed by atoms with E-state index in [1.807, 2.05) is 30.3 Å². The fraction of sp³-hybridized carbons (Fsp3) is 0.107. The van der Waals surface area contributed by atoms with E-state index < -0.39 is 20.0 Å². The minimum atomic E-state index is -4.01. The van der Waals surface area contributed by atoms with Crippen LogP contribution in [0.3, 0.4) is 0 Å². The van der Waals surface area contributed by atoms with Gasteiger partial charge in [0.1, 0.15) is 52.4 Å². The minimum absolute atomic E-state index is 0.0744. The predicted molar refractivity (Wildman–Crippen MR) is 309 cm³/mol. The Morgan fingerprint density at radius 2 is 0.975 bits per heavy atom. The van der Waals surface area contributed by atoms with Gasteiger partial charge in [-0.25, -0.2) is 50.4 Å². The zero-order valence-corrected chi connectivity index (χ0v) is 46.9. The van der Waals surface area contributed by atoms with Crippen molar-refractivity contribution < 1.29 is 45.5 Å². The molecule has 0 spiro atoms. The fourth-order valence-electron chi connectivity index (χ4n) is 7.96. The van der Waals surface area contributed by atoms with E-state index in [9.17, 15) is 16.8 Å². The Bertz CT molecular complexity index is 3960. The minimum Gasteiger partial charge on any atom is -0.535 e. The molecule has 407 valence electrons. The molecule has 6 aromatic carbocycles. The number of methoxy groups -OCH3 is 4. The molecule has 24 heteroatoms.